The minimum absolute atomic E-state index is 0.178. The van der Waals surface area contributed by atoms with Crippen LogP contribution < -0.4 is 5.06 Å². The first-order valence-electron chi connectivity index (χ1n) is 5.53. The molecule has 0 aromatic heterocycles. The molecule has 0 radical (unpaired) electrons. The Morgan fingerprint density at radius 3 is 2.56 bits per heavy atom. The molecule has 1 heterocycles. The zero-order valence-corrected chi connectivity index (χ0v) is 10.1. The molecule has 0 N–H and O–H groups in total. The maximum atomic E-state index is 12.2. The van der Waals surface area contributed by atoms with E-state index in [9.17, 15) is 10.0 Å². The van der Waals surface area contributed by atoms with Crippen LogP contribution in [0.5, 0.6) is 0 Å². The van der Waals surface area contributed by atoms with Gasteiger partial charge in [-0.2, -0.15) is 0 Å². The minimum Gasteiger partial charge on any atom is -0.758 e. The molecule has 0 bridgehead atoms. The van der Waals surface area contributed by atoms with E-state index in [-0.39, 0.29) is 5.78 Å². The van der Waals surface area contributed by atoms with E-state index >= 15 is 0 Å². The van der Waals surface area contributed by atoms with Crippen molar-refractivity contribution < 1.29 is 4.79 Å². The van der Waals surface area contributed by atoms with Gasteiger partial charge in [0.2, 0.25) is 0 Å². The van der Waals surface area contributed by atoms with E-state index in [1.54, 1.807) is 24.3 Å². The number of hydroxylamine groups is 1. The van der Waals surface area contributed by atoms with Crippen LogP contribution in [0.4, 0.5) is 5.69 Å². The number of fused-ring (bicyclic) bond motifs is 1. The molecule has 0 saturated heterocycles. The molecule has 2 aromatic rings. The summed E-state index contributed by atoms with van der Waals surface area (Å²) < 4.78 is 0. The molecule has 1 aliphatic heterocycles. The van der Waals surface area contributed by atoms with Crippen molar-refractivity contribution in [3.05, 3.63) is 69.9 Å². The molecule has 0 amide bonds. The van der Waals surface area contributed by atoms with Crippen molar-refractivity contribution in [1.29, 1.82) is 0 Å². The first-order valence-corrected chi connectivity index (χ1v) is 5.91. The van der Waals surface area contributed by atoms with Gasteiger partial charge in [-0.15, -0.1) is 0 Å². The van der Waals surface area contributed by atoms with Gasteiger partial charge in [-0.1, -0.05) is 41.9 Å². The molecule has 1 aliphatic rings. The maximum Gasteiger partial charge on any atom is 0.191 e. The van der Waals surface area contributed by atoms with Crippen LogP contribution in [0.15, 0.2) is 48.5 Å². The topological polar surface area (TPSA) is 43.4 Å². The fourth-order valence-electron chi connectivity index (χ4n) is 2.21. The van der Waals surface area contributed by atoms with Crippen LogP contribution in [0.1, 0.15) is 22.0 Å². The summed E-state index contributed by atoms with van der Waals surface area (Å²) in [5, 5.41) is 13.4. The van der Waals surface area contributed by atoms with Crippen LogP contribution in [0.2, 0.25) is 5.02 Å². The predicted molar refractivity (Wildman–Crippen MR) is 70.8 cm³/mol. The van der Waals surface area contributed by atoms with Crippen molar-refractivity contribution in [2.24, 2.45) is 0 Å². The summed E-state index contributed by atoms with van der Waals surface area (Å²) in [5.41, 5.74) is 1.48. The number of Topliss-reactive ketones (excluding diaryl/α,β-unsaturated/α-hetero) is 1. The number of hydrogen-bond acceptors (Lipinski definition) is 3. The lowest BCUT2D eigenvalue weighted by molar-refractivity contribution is 0.0973. The Kier molecular flexibility index (Phi) is 2.58. The van der Waals surface area contributed by atoms with Gasteiger partial charge in [0.15, 0.2) is 5.78 Å². The Bertz CT molecular complexity index is 612. The molecule has 2 aromatic carbocycles. The molecule has 0 spiro atoms. The van der Waals surface area contributed by atoms with Gasteiger partial charge in [0.05, 0.1) is 0 Å². The first-order chi connectivity index (χ1) is 8.68. The van der Waals surface area contributed by atoms with Gasteiger partial charge in [-0.05, 0) is 23.8 Å². The summed E-state index contributed by atoms with van der Waals surface area (Å²) in [7, 11) is 0. The van der Waals surface area contributed by atoms with Gasteiger partial charge >= 0.3 is 0 Å². The Balaban J connectivity index is 2.10. The average Bonchev–Trinajstić information content (AvgIpc) is 2.63. The van der Waals surface area contributed by atoms with Crippen molar-refractivity contribution in [3.63, 3.8) is 0 Å². The molecule has 3 rings (SSSR count). The summed E-state index contributed by atoms with van der Waals surface area (Å²) in [6, 6.07) is 13.0. The molecular formula is C14H9ClNO2-. The van der Waals surface area contributed by atoms with Gasteiger partial charge in [0, 0.05) is 16.3 Å². The molecule has 4 heteroatoms. The van der Waals surface area contributed by atoms with Gasteiger partial charge in [0.25, 0.3) is 0 Å². The van der Waals surface area contributed by atoms with Crippen LogP contribution in [-0.4, -0.2) is 5.78 Å². The lowest BCUT2D eigenvalue weighted by atomic mass is 10.0. The second-order valence-electron chi connectivity index (χ2n) is 4.16. The highest BCUT2D eigenvalue weighted by Gasteiger charge is 2.33. The first kappa shape index (κ1) is 11.3. The second kappa shape index (κ2) is 4.12. The fraction of sp³-hybridized carbons (Fsp3) is 0.0714. The Labute approximate surface area is 109 Å². The lowest BCUT2D eigenvalue weighted by Gasteiger charge is -2.32. The van der Waals surface area contributed by atoms with Crippen molar-refractivity contribution in [2.75, 3.05) is 5.06 Å². The highest BCUT2D eigenvalue weighted by Crippen LogP contribution is 2.40. The smallest absolute Gasteiger partial charge is 0.191 e. The number of carbonyl (C=O) groups is 1. The monoisotopic (exact) mass is 258 g/mol. The molecule has 90 valence electrons. The second-order valence-corrected chi connectivity index (χ2v) is 4.60. The zero-order chi connectivity index (χ0) is 12.7. The van der Waals surface area contributed by atoms with Crippen LogP contribution >= 0.6 is 11.6 Å². The average molecular weight is 259 g/mol. The highest BCUT2D eigenvalue weighted by molar-refractivity contribution is 6.31. The van der Waals surface area contributed by atoms with E-state index in [4.69, 9.17) is 11.6 Å². The minimum atomic E-state index is -0.792. The summed E-state index contributed by atoms with van der Waals surface area (Å²) >= 11 is 5.85. The molecule has 3 nitrogen and oxygen atoms in total. The van der Waals surface area contributed by atoms with Crippen molar-refractivity contribution >= 4 is 23.1 Å². The quantitative estimate of drug-likeness (QED) is 0.785. The van der Waals surface area contributed by atoms with Crippen molar-refractivity contribution in [3.8, 4) is 0 Å². The molecular weight excluding hydrogens is 250 g/mol. The SMILES string of the molecule is O=C1c2ccc(Cl)cc2N([O-])C1c1ccccc1. The number of anilines is 1. The van der Waals surface area contributed by atoms with Crippen LogP contribution in [0.25, 0.3) is 0 Å². The summed E-state index contributed by atoms with van der Waals surface area (Å²) in [6.07, 6.45) is 0. The zero-order valence-electron chi connectivity index (χ0n) is 9.34. The molecule has 18 heavy (non-hydrogen) atoms. The van der Waals surface area contributed by atoms with Crippen LogP contribution in [0.3, 0.4) is 0 Å². The fourth-order valence-corrected chi connectivity index (χ4v) is 2.38. The normalized spacial score (nSPS) is 18.0. The van der Waals surface area contributed by atoms with Crippen molar-refractivity contribution in [2.45, 2.75) is 6.04 Å². The number of benzene rings is 2. The molecule has 1 unspecified atom stereocenters. The Morgan fingerprint density at radius 1 is 1.11 bits per heavy atom. The molecule has 0 fully saturated rings. The lowest BCUT2D eigenvalue weighted by Crippen LogP contribution is -2.21. The number of rotatable bonds is 1. The van der Waals surface area contributed by atoms with Gasteiger partial charge in [-0.3, -0.25) is 4.79 Å². The van der Waals surface area contributed by atoms with E-state index in [1.807, 2.05) is 18.2 Å². The third-order valence-corrected chi connectivity index (χ3v) is 3.30. The van der Waals surface area contributed by atoms with E-state index in [0.717, 1.165) is 5.06 Å². The number of carbonyl (C=O) groups excluding carboxylic acids is 1. The van der Waals surface area contributed by atoms with Crippen LogP contribution in [-0.2, 0) is 0 Å². The maximum absolute atomic E-state index is 12.2. The van der Waals surface area contributed by atoms with Crippen molar-refractivity contribution in [1.82, 2.24) is 0 Å². The molecule has 0 aliphatic carbocycles. The Hall–Kier alpha value is -1.84. The highest BCUT2D eigenvalue weighted by atomic mass is 35.5. The number of ketones is 1. The van der Waals surface area contributed by atoms with Gasteiger partial charge in [0.1, 0.15) is 6.04 Å². The number of nitrogens with zero attached hydrogens (tertiary/aromatic N) is 1. The van der Waals surface area contributed by atoms with E-state index in [1.165, 1.54) is 6.07 Å². The standard InChI is InChI=1S/C14H9ClNO2/c15-10-6-7-11-12(8-10)16(18)13(14(11)17)9-4-2-1-3-5-9/h1-8,13H/q-1. The molecule has 1 atom stereocenters. The largest absolute Gasteiger partial charge is 0.758 e. The molecule has 0 saturated carbocycles. The predicted octanol–water partition coefficient (Wildman–Crippen LogP) is 3.58. The van der Waals surface area contributed by atoms with E-state index in [0.29, 0.717) is 21.8 Å². The number of hydrogen-bond donors (Lipinski definition) is 0. The summed E-state index contributed by atoms with van der Waals surface area (Å²) in [6.45, 7) is 0. The van der Waals surface area contributed by atoms with Gasteiger partial charge < -0.3 is 10.3 Å². The third-order valence-electron chi connectivity index (χ3n) is 3.06. The third kappa shape index (κ3) is 1.60. The Morgan fingerprint density at radius 2 is 1.83 bits per heavy atom. The van der Waals surface area contributed by atoms with E-state index in [2.05, 4.69) is 0 Å². The van der Waals surface area contributed by atoms with Gasteiger partial charge in [-0.25, -0.2) is 0 Å². The summed E-state index contributed by atoms with van der Waals surface area (Å²) in [4.78, 5) is 12.2. The number of halogens is 1. The van der Waals surface area contributed by atoms with E-state index < -0.39 is 6.04 Å². The summed E-state index contributed by atoms with van der Waals surface area (Å²) in [5.74, 6) is -0.178. The van der Waals surface area contributed by atoms with Crippen LogP contribution in [0, 0.1) is 5.21 Å².